The molecule has 136 valence electrons. The zero-order valence-electron chi connectivity index (χ0n) is 14.4. The highest BCUT2D eigenvalue weighted by atomic mass is 35.5. The third kappa shape index (κ3) is 3.65. The van der Waals surface area contributed by atoms with Crippen LogP contribution in [0.2, 0.25) is 5.15 Å². The first-order valence-corrected chi connectivity index (χ1v) is 8.53. The third-order valence-corrected chi connectivity index (χ3v) is 4.36. The molecule has 0 spiro atoms. The van der Waals surface area contributed by atoms with Crippen LogP contribution in [-0.4, -0.2) is 42.6 Å². The van der Waals surface area contributed by atoms with Crippen molar-refractivity contribution in [3.05, 3.63) is 71.0 Å². The van der Waals surface area contributed by atoms with Crippen LogP contribution in [0.4, 0.5) is 0 Å². The van der Waals surface area contributed by atoms with E-state index in [-0.39, 0.29) is 0 Å². The summed E-state index contributed by atoms with van der Waals surface area (Å²) in [6.07, 6.45) is 4.99. The summed E-state index contributed by atoms with van der Waals surface area (Å²) in [5.41, 5.74) is 3.03. The van der Waals surface area contributed by atoms with Gasteiger partial charge in [-0.2, -0.15) is 10.2 Å². The number of hydrogen-bond donors (Lipinski definition) is 0. The molecule has 4 aromatic rings. The predicted octanol–water partition coefficient (Wildman–Crippen LogP) is 2.56. The van der Waals surface area contributed by atoms with Gasteiger partial charge in [0, 0.05) is 12.4 Å². The molecule has 1 aromatic carbocycles. The van der Waals surface area contributed by atoms with Gasteiger partial charge in [0.2, 0.25) is 0 Å². The maximum Gasteiger partial charge on any atom is 0.358 e. The van der Waals surface area contributed by atoms with E-state index < -0.39 is 5.97 Å². The summed E-state index contributed by atoms with van der Waals surface area (Å²) >= 11 is 6.06. The van der Waals surface area contributed by atoms with E-state index in [9.17, 15) is 4.79 Å². The summed E-state index contributed by atoms with van der Waals surface area (Å²) in [5, 5.41) is 9.74. The zero-order chi connectivity index (χ0) is 18.8. The number of carbonyl (C=O) groups is 1. The van der Waals surface area contributed by atoms with Gasteiger partial charge in [0.15, 0.2) is 11.3 Å². The molecular formula is C18H15ClN6O2. The van der Waals surface area contributed by atoms with Crippen LogP contribution in [0.15, 0.2) is 49.1 Å². The summed E-state index contributed by atoms with van der Waals surface area (Å²) in [6, 6.07) is 9.73. The largest absolute Gasteiger partial charge is 0.464 e. The molecule has 3 aromatic heterocycles. The quantitative estimate of drug-likeness (QED) is 0.389. The van der Waals surface area contributed by atoms with E-state index in [4.69, 9.17) is 11.6 Å². The summed E-state index contributed by atoms with van der Waals surface area (Å²) in [5.74, 6) is -0.444. The Balaban J connectivity index is 1.46. The van der Waals surface area contributed by atoms with Crippen molar-refractivity contribution in [2.24, 2.45) is 0 Å². The highest BCUT2D eigenvalue weighted by molar-refractivity contribution is 6.33. The number of esters is 1. The molecule has 3 heterocycles. The molecule has 0 saturated heterocycles. The molecule has 0 atom stereocenters. The van der Waals surface area contributed by atoms with Gasteiger partial charge in [0.25, 0.3) is 0 Å². The van der Waals surface area contributed by atoms with Crippen LogP contribution in [0.1, 0.15) is 21.6 Å². The molecule has 4 rings (SSSR count). The molecule has 0 aliphatic heterocycles. The monoisotopic (exact) mass is 382 g/mol. The minimum Gasteiger partial charge on any atom is -0.464 e. The minimum atomic E-state index is -0.444. The Bertz CT molecular complexity index is 1100. The number of nitrogens with zero attached hydrogens (tertiary/aromatic N) is 6. The minimum absolute atomic E-state index is 0.293. The van der Waals surface area contributed by atoms with Crippen LogP contribution in [0.5, 0.6) is 0 Å². The van der Waals surface area contributed by atoms with Crippen molar-refractivity contribution < 1.29 is 9.53 Å². The van der Waals surface area contributed by atoms with Crippen LogP contribution >= 0.6 is 11.6 Å². The second kappa shape index (κ2) is 7.16. The lowest BCUT2D eigenvalue weighted by atomic mass is 10.1. The van der Waals surface area contributed by atoms with Crippen LogP contribution in [-0.2, 0) is 17.8 Å². The number of halogens is 1. The smallest absolute Gasteiger partial charge is 0.358 e. The van der Waals surface area contributed by atoms with Crippen molar-refractivity contribution in [1.82, 2.24) is 29.5 Å². The fraction of sp³-hybridized carbons (Fsp3) is 0.167. The van der Waals surface area contributed by atoms with Gasteiger partial charge in [-0.3, -0.25) is 9.36 Å². The second-order valence-electron chi connectivity index (χ2n) is 5.94. The maximum atomic E-state index is 11.5. The van der Waals surface area contributed by atoms with Crippen molar-refractivity contribution in [3.63, 3.8) is 0 Å². The van der Waals surface area contributed by atoms with E-state index in [2.05, 4.69) is 24.9 Å². The number of methoxy groups -OCH3 is 1. The van der Waals surface area contributed by atoms with Gasteiger partial charge < -0.3 is 4.74 Å². The van der Waals surface area contributed by atoms with Gasteiger partial charge in [0.1, 0.15) is 11.5 Å². The van der Waals surface area contributed by atoms with Crippen molar-refractivity contribution in [2.45, 2.75) is 13.1 Å². The Labute approximate surface area is 159 Å². The van der Waals surface area contributed by atoms with Crippen molar-refractivity contribution in [2.75, 3.05) is 7.11 Å². The number of hydrogen-bond acceptors (Lipinski definition) is 6. The maximum absolute atomic E-state index is 11.5. The number of carbonyl (C=O) groups excluding carboxylic acids is 1. The molecule has 0 amide bonds. The fourth-order valence-corrected chi connectivity index (χ4v) is 2.90. The van der Waals surface area contributed by atoms with E-state index in [0.717, 1.165) is 16.5 Å². The second-order valence-corrected chi connectivity index (χ2v) is 6.29. The molecule has 0 unspecified atom stereocenters. The van der Waals surface area contributed by atoms with Gasteiger partial charge in [-0.1, -0.05) is 35.9 Å². The Kier molecular flexibility index (Phi) is 4.55. The predicted molar refractivity (Wildman–Crippen MR) is 98.5 cm³/mol. The molecule has 0 saturated carbocycles. The van der Waals surface area contributed by atoms with E-state index in [1.165, 1.54) is 13.4 Å². The van der Waals surface area contributed by atoms with Crippen molar-refractivity contribution in [1.29, 1.82) is 0 Å². The number of rotatable bonds is 5. The highest BCUT2D eigenvalue weighted by Crippen LogP contribution is 2.18. The van der Waals surface area contributed by atoms with Gasteiger partial charge in [0.05, 0.1) is 25.6 Å². The number of aromatic nitrogens is 6. The number of fused-ring (bicyclic) bond motifs is 1. The average molecular weight is 383 g/mol. The Morgan fingerprint density at radius 2 is 1.74 bits per heavy atom. The molecule has 0 aliphatic carbocycles. The Morgan fingerprint density at radius 3 is 2.41 bits per heavy atom. The summed E-state index contributed by atoms with van der Waals surface area (Å²) < 4.78 is 8.15. The molecule has 27 heavy (non-hydrogen) atoms. The fourth-order valence-electron chi connectivity index (χ4n) is 2.72. The standard InChI is InChI=1S/C18H15ClN6O2/c1-27-18(26)15-6-7-24(22-15)8-12-2-4-13(5-3-12)9-25-10-14-16(19)20-11-21-17(14)23-25/h2-7,10-11H,8-9H2,1H3. The molecule has 0 radical (unpaired) electrons. The summed E-state index contributed by atoms with van der Waals surface area (Å²) in [7, 11) is 1.34. The first-order chi connectivity index (χ1) is 13.1. The first-order valence-electron chi connectivity index (χ1n) is 8.15. The van der Waals surface area contributed by atoms with Gasteiger partial charge >= 0.3 is 5.97 Å². The first kappa shape index (κ1) is 17.2. The molecule has 0 bridgehead atoms. The SMILES string of the molecule is COC(=O)c1ccn(Cc2ccc(Cn3cc4c(Cl)ncnc4n3)cc2)n1. The van der Waals surface area contributed by atoms with Crippen molar-refractivity contribution in [3.8, 4) is 0 Å². The van der Waals surface area contributed by atoms with Crippen LogP contribution in [0.3, 0.4) is 0 Å². The lowest BCUT2D eigenvalue weighted by Gasteiger charge is -2.05. The van der Waals surface area contributed by atoms with Crippen LogP contribution < -0.4 is 0 Å². The van der Waals surface area contributed by atoms with Gasteiger partial charge in [-0.15, -0.1) is 0 Å². The molecule has 9 heteroatoms. The lowest BCUT2D eigenvalue weighted by molar-refractivity contribution is 0.0593. The lowest BCUT2D eigenvalue weighted by Crippen LogP contribution is -2.06. The molecule has 0 N–H and O–H groups in total. The van der Waals surface area contributed by atoms with Crippen molar-refractivity contribution >= 4 is 28.6 Å². The summed E-state index contributed by atoms with van der Waals surface area (Å²) in [6.45, 7) is 1.16. The molecular weight excluding hydrogens is 368 g/mol. The highest BCUT2D eigenvalue weighted by Gasteiger charge is 2.10. The van der Waals surface area contributed by atoms with Gasteiger partial charge in [-0.05, 0) is 17.2 Å². The zero-order valence-corrected chi connectivity index (χ0v) is 15.2. The van der Waals surface area contributed by atoms with E-state index in [0.29, 0.717) is 29.6 Å². The normalized spacial score (nSPS) is 11.0. The van der Waals surface area contributed by atoms with E-state index >= 15 is 0 Å². The average Bonchev–Trinajstić information content (AvgIpc) is 3.30. The van der Waals surface area contributed by atoms with Crippen LogP contribution in [0, 0.1) is 0 Å². The van der Waals surface area contributed by atoms with Gasteiger partial charge in [-0.25, -0.2) is 14.8 Å². The third-order valence-electron chi connectivity index (χ3n) is 4.06. The van der Waals surface area contributed by atoms with Crippen LogP contribution in [0.25, 0.3) is 11.0 Å². The topological polar surface area (TPSA) is 87.7 Å². The Hall–Kier alpha value is -3.26. The molecule has 0 aliphatic rings. The Morgan fingerprint density at radius 1 is 1.04 bits per heavy atom. The number of benzene rings is 1. The summed E-state index contributed by atoms with van der Waals surface area (Å²) in [4.78, 5) is 19.5. The van der Waals surface area contributed by atoms with E-state index in [1.807, 2.05) is 30.5 Å². The number of ether oxygens (including phenoxy) is 1. The molecule has 8 nitrogen and oxygen atoms in total. The molecule has 0 fully saturated rings. The van der Waals surface area contributed by atoms with E-state index in [1.54, 1.807) is 21.6 Å².